The zero-order valence-corrected chi connectivity index (χ0v) is 18.4. The van der Waals surface area contributed by atoms with Crippen molar-refractivity contribution in [3.63, 3.8) is 0 Å². The van der Waals surface area contributed by atoms with E-state index in [2.05, 4.69) is 36.2 Å². The lowest BCUT2D eigenvalue weighted by molar-refractivity contribution is -0.0353. The van der Waals surface area contributed by atoms with Crippen molar-refractivity contribution in [1.29, 1.82) is 0 Å². The van der Waals surface area contributed by atoms with Crippen molar-refractivity contribution < 1.29 is 13.9 Å². The van der Waals surface area contributed by atoms with Gasteiger partial charge in [-0.05, 0) is 84.5 Å². The van der Waals surface area contributed by atoms with Crippen molar-refractivity contribution in [2.45, 2.75) is 51.7 Å². The predicted molar refractivity (Wildman–Crippen MR) is 119 cm³/mol. The number of hydrogen-bond acceptors (Lipinski definition) is 3. The van der Waals surface area contributed by atoms with Gasteiger partial charge in [-0.1, -0.05) is 44.2 Å². The molecule has 0 spiro atoms. The monoisotopic (exact) mass is 422 g/mol. The molecule has 2 atom stereocenters. The Hall–Kier alpha value is -2.40. The van der Waals surface area contributed by atoms with E-state index < -0.39 is 0 Å². The average Bonchev–Trinajstić information content (AvgIpc) is 2.76. The van der Waals surface area contributed by atoms with Gasteiger partial charge in [-0.15, -0.1) is 0 Å². The van der Waals surface area contributed by atoms with Gasteiger partial charge in [0.1, 0.15) is 11.9 Å². The number of halogens is 1. The van der Waals surface area contributed by atoms with Gasteiger partial charge >= 0.3 is 6.09 Å². The molecule has 1 N–H and O–H groups in total. The first-order chi connectivity index (χ1) is 14.9. The normalized spacial score (nSPS) is 28.6. The van der Waals surface area contributed by atoms with E-state index in [-0.39, 0.29) is 29.5 Å². The predicted octanol–water partition coefficient (Wildman–Crippen LogP) is 5.33. The van der Waals surface area contributed by atoms with E-state index in [1.165, 1.54) is 11.6 Å². The molecular formula is C26H31FN2O2. The molecule has 1 unspecified atom stereocenters. The molecule has 2 aromatic rings. The van der Waals surface area contributed by atoms with Gasteiger partial charge in [0, 0.05) is 6.54 Å². The van der Waals surface area contributed by atoms with Gasteiger partial charge in [-0.3, -0.25) is 4.90 Å². The van der Waals surface area contributed by atoms with E-state index in [9.17, 15) is 9.18 Å². The SMILES string of the molecule is CC1(C)CCc2cc(-c3cccc(F)c3)ccc2C1NC(=O)O[C@@H]1CN2CCC1CC2. The summed E-state index contributed by atoms with van der Waals surface area (Å²) in [4.78, 5) is 15.3. The minimum Gasteiger partial charge on any atom is -0.445 e. The number of benzene rings is 2. The van der Waals surface area contributed by atoms with Crippen molar-refractivity contribution in [3.05, 3.63) is 59.4 Å². The molecule has 164 valence electrons. The molecule has 1 aliphatic carbocycles. The molecule has 0 aromatic heterocycles. The summed E-state index contributed by atoms with van der Waals surface area (Å²) in [6, 6.07) is 12.9. The fraction of sp³-hybridized carbons (Fsp3) is 0.500. The lowest BCUT2D eigenvalue weighted by Crippen LogP contribution is -2.53. The third-order valence-corrected chi connectivity index (χ3v) is 7.55. The van der Waals surface area contributed by atoms with Crippen LogP contribution in [-0.4, -0.2) is 36.7 Å². The van der Waals surface area contributed by atoms with Crippen molar-refractivity contribution in [2.75, 3.05) is 19.6 Å². The number of ether oxygens (including phenoxy) is 1. The Morgan fingerprint density at radius 2 is 1.90 bits per heavy atom. The molecule has 6 rings (SSSR count). The van der Waals surface area contributed by atoms with Crippen LogP contribution < -0.4 is 5.32 Å². The number of nitrogens with one attached hydrogen (secondary N) is 1. The van der Waals surface area contributed by atoms with Gasteiger partial charge in [0.05, 0.1) is 6.04 Å². The van der Waals surface area contributed by atoms with Crippen molar-refractivity contribution in [2.24, 2.45) is 11.3 Å². The first-order valence-electron chi connectivity index (χ1n) is 11.5. The Labute approximate surface area is 183 Å². The van der Waals surface area contributed by atoms with Crippen LogP contribution in [-0.2, 0) is 11.2 Å². The third kappa shape index (κ3) is 4.08. The lowest BCUT2D eigenvalue weighted by atomic mass is 9.70. The highest BCUT2D eigenvalue weighted by Crippen LogP contribution is 2.44. The van der Waals surface area contributed by atoms with Crippen molar-refractivity contribution in [3.8, 4) is 11.1 Å². The maximum absolute atomic E-state index is 13.7. The Bertz CT molecular complexity index is 981. The number of nitrogens with zero attached hydrogens (tertiary/aromatic N) is 1. The minimum absolute atomic E-state index is 0.00373. The van der Waals surface area contributed by atoms with Crippen LogP contribution in [0.1, 0.15) is 50.3 Å². The van der Waals surface area contributed by atoms with Gasteiger partial charge in [-0.25, -0.2) is 9.18 Å². The quantitative estimate of drug-likeness (QED) is 0.727. The largest absolute Gasteiger partial charge is 0.445 e. The summed E-state index contributed by atoms with van der Waals surface area (Å²) >= 11 is 0. The van der Waals surface area contributed by atoms with Gasteiger partial charge in [0.15, 0.2) is 0 Å². The molecule has 0 saturated carbocycles. The number of hydrogen-bond donors (Lipinski definition) is 1. The smallest absolute Gasteiger partial charge is 0.407 e. The number of alkyl carbamates (subject to hydrolysis) is 1. The second-order valence-corrected chi connectivity index (χ2v) is 10.1. The summed E-state index contributed by atoms with van der Waals surface area (Å²) in [7, 11) is 0. The summed E-state index contributed by atoms with van der Waals surface area (Å²) in [5, 5.41) is 3.20. The average molecular weight is 423 g/mol. The molecule has 3 heterocycles. The van der Waals surface area contributed by atoms with E-state index in [4.69, 9.17) is 4.74 Å². The van der Waals surface area contributed by atoms with Gasteiger partial charge in [0.2, 0.25) is 0 Å². The summed E-state index contributed by atoms with van der Waals surface area (Å²) < 4.78 is 19.6. The van der Waals surface area contributed by atoms with Crippen molar-refractivity contribution >= 4 is 6.09 Å². The van der Waals surface area contributed by atoms with Crippen LogP contribution in [0, 0.1) is 17.2 Å². The van der Waals surface area contributed by atoms with E-state index in [1.807, 2.05) is 12.1 Å². The second-order valence-electron chi connectivity index (χ2n) is 10.1. The molecule has 31 heavy (non-hydrogen) atoms. The maximum atomic E-state index is 13.7. The van der Waals surface area contributed by atoms with Gasteiger partial charge in [0.25, 0.3) is 0 Å². The first-order valence-corrected chi connectivity index (χ1v) is 11.5. The molecule has 5 heteroatoms. The number of fused-ring (bicyclic) bond motifs is 4. The minimum atomic E-state index is -0.307. The second kappa shape index (κ2) is 7.94. The zero-order chi connectivity index (χ0) is 21.6. The summed E-state index contributed by atoms with van der Waals surface area (Å²) in [5.41, 5.74) is 4.17. The molecule has 2 aromatic carbocycles. The van der Waals surface area contributed by atoms with Crippen LogP contribution in [0.15, 0.2) is 42.5 Å². The topological polar surface area (TPSA) is 41.6 Å². The fourth-order valence-electron chi connectivity index (χ4n) is 5.58. The molecule has 4 nitrogen and oxygen atoms in total. The zero-order valence-electron chi connectivity index (χ0n) is 18.4. The first kappa shape index (κ1) is 20.5. The Morgan fingerprint density at radius 1 is 1.13 bits per heavy atom. The molecule has 3 saturated heterocycles. The molecule has 1 amide bonds. The Kier molecular flexibility index (Phi) is 5.25. The number of aryl methyl sites for hydroxylation is 1. The number of carbonyl (C=O) groups is 1. The van der Waals surface area contributed by atoms with E-state index in [1.54, 1.807) is 12.1 Å². The highest BCUT2D eigenvalue weighted by molar-refractivity contribution is 5.70. The molecule has 4 aliphatic rings. The van der Waals surface area contributed by atoms with Crippen LogP contribution in [0.2, 0.25) is 0 Å². The van der Waals surface area contributed by atoms with Crippen LogP contribution >= 0.6 is 0 Å². The molecular weight excluding hydrogens is 391 g/mol. The van der Waals surface area contributed by atoms with E-state index in [0.717, 1.165) is 62.0 Å². The standard InChI is InChI=1S/C26H31FN2O2/c1-26(2)11-8-20-14-19(18-4-3-5-21(27)15-18)6-7-22(20)24(26)28-25(30)31-23-16-29-12-9-17(23)10-13-29/h3-7,14-15,17,23-24H,8-13,16H2,1-2H3,(H,28,30)/t23-,24?/m1/s1. The summed E-state index contributed by atoms with van der Waals surface area (Å²) in [5.74, 6) is 0.266. The molecule has 3 aliphatic heterocycles. The highest BCUT2D eigenvalue weighted by atomic mass is 19.1. The molecule has 3 fully saturated rings. The lowest BCUT2D eigenvalue weighted by Gasteiger charge is -2.44. The number of amides is 1. The van der Waals surface area contributed by atoms with Gasteiger partial charge < -0.3 is 10.1 Å². The fourth-order valence-corrected chi connectivity index (χ4v) is 5.58. The number of piperidine rings is 3. The summed E-state index contributed by atoms with van der Waals surface area (Å²) in [6.07, 6.45) is 3.86. The maximum Gasteiger partial charge on any atom is 0.407 e. The molecule has 2 bridgehead atoms. The van der Waals surface area contributed by atoms with Crippen LogP contribution in [0.4, 0.5) is 9.18 Å². The van der Waals surface area contributed by atoms with Crippen LogP contribution in [0.5, 0.6) is 0 Å². The van der Waals surface area contributed by atoms with Crippen LogP contribution in [0.3, 0.4) is 0 Å². The summed E-state index contributed by atoms with van der Waals surface area (Å²) in [6.45, 7) is 7.52. The Morgan fingerprint density at radius 3 is 2.61 bits per heavy atom. The van der Waals surface area contributed by atoms with Crippen molar-refractivity contribution in [1.82, 2.24) is 10.2 Å². The highest BCUT2D eigenvalue weighted by Gasteiger charge is 2.40. The van der Waals surface area contributed by atoms with E-state index >= 15 is 0 Å². The van der Waals surface area contributed by atoms with Crippen LogP contribution in [0.25, 0.3) is 11.1 Å². The third-order valence-electron chi connectivity index (χ3n) is 7.55. The number of rotatable bonds is 3. The van der Waals surface area contributed by atoms with Gasteiger partial charge in [-0.2, -0.15) is 0 Å². The number of carbonyl (C=O) groups excluding carboxylic acids is 1. The van der Waals surface area contributed by atoms with E-state index in [0.29, 0.717) is 5.92 Å². The molecule has 0 radical (unpaired) electrons. The Balaban J connectivity index is 1.35.